The van der Waals surface area contributed by atoms with E-state index >= 15 is 0 Å². The van der Waals surface area contributed by atoms with Crippen molar-refractivity contribution < 1.29 is 38.5 Å². The number of aromatic nitrogens is 8. The molecular weight excluding hydrogens is 740 g/mol. The second-order valence-electron chi connectivity index (χ2n) is 11.0. The van der Waals surface area contributed by atoms with E-state index < -0.39 is 29.0 Å². The van der Waals surface area contributed by atoms with E-state index in [9.17, 15) is 21.4 Å². The molecule has 7 aromatic rings. The molecule has 0 aliphatic carbocycles. The minimum atomic E-state index is -5.19. The summed E-state index contributed by atoms with van der Waals surface area (Å²) >= 11 is 0. The Kier molecular flexibility index (Phi) is 6.98. The molecule has 13 nitrogen and oxygen atoms in total. The maximum atomic E-state index is 12.9. The largest absolute Gasteiger partial charge is 0.324 e. The number of nitrogens with one attached hydrogen (secondary N) is 2. The molecule has 0 fully saturated rings. The van der Waals surface area contributed by atoms with Gasteiger partial charge in [-0.3, -0.25) is 4.55 Å². The Morgan fingerprint density at radius 2 is 0.898 bits per heavy atom. The van der Waals surface area contributed by atoms with Crippen LogP contribution >= 0.6 is 10.7 Å². The van der Waals surface area contributed by atoms with Gasteiger partial charge in [-0.15, -0.1) is 0 Å². The molecule has 4 aromatic carbocycles. The second-order valence-corrected chi connectivity index (χ2v) is 14.9. The molecule has 0 unspecified atom stereocenters. The van der Waals surface area contributed by atoms with Crippen molar-refractivity contribution in [1.82, 2.24) is 39.9 Å². The summed E-state index contributed by atoms with van der Waals surface area (Å²) in [7, 11) is -4.18. The molecule has 49 heavy (non-hydrogen) atoms. The summed E-state index contributed by atoms with van der Waals surface area (Å²) in [6, 6.07) is 24.5. The number of aromatic amines is 2. The molecule has 3 aromatic heterocycles. The van der Waals surface area contributed by atoms with Crippen molar-refractivity contribution in [3.8, 4) is 45.6 Å². The molecule has 3 N–H and O–H groups in total. The fourth-order valence-electron chi connectivity index (χ4n) is 6.13. The van der Waals surface area contributed by atoms with Gasteiger partial charge in [0.25, 0.3) is 19.2 Å². The summed E-state index contributed by atoms with van der Waals surface area (Å²) in [4.78, 5) is 33.3. The van der Waals surface area contributed by atoms with Gasteiger partial charge in [0.2, 0.25) is 0 Å². The Labute approximate surface area is 291 Å². The van der Waals surface area contributed by atoms with Crippen molar-refractivity contribution in [2.75, 3.05) is 0 Å². The van der Waals surface area contributed by atoms with Crippen LogP contribution in [0.1, 0.15) is 0 Å². The number of nitrogens with zero attached hydrogens (tertiary/aromatic N) is 6. The van der Waals surface area contributed by atoms with E-state index in [1.807, 2.05) is 60.7 Å². The van der Waals surface area contributed by atoms with Gasteiger partial charge in [0.05, 0.1) is 5.39 Å². The van der Waals surface area contributed by atoms with Gasteiger partial charge in [-0.05, 0) is 12.1 Å². The average molecular weight is 757 g/mol. The van der Waals surface area contributed by atoms with Crippen molar-refractivity contribution in [2.24, 2.45) is 0 Å². The average Bonchev–Trinajstić information content (AvgIpc) is 3.79. The number of halogens is 1. The van der Waals surface area contributed by atoms with Crippen LogP contribution in [0.3, 0.4) is 0 Å². The van der Waals surface area contributed by atoms with Crippen LogP contribution in [-0.2, 0) is 36.2 Å². The molecule has 245 valence electrons. The number of fused-ring (bicyclic) bond motifs is 20. The third-order valence-corrected chi connectivity index (χ3v) is 10.6. The smallest absolute Gasteiger partial charge is 0.296 e. The van der Waals surface area contributed by atoms with Crippen LogP contribution in [0.5, 0.6) is 0 Å². The molecule has 0 saturated heterocycles. The molecule has 0 spiro atoms. The zero-order valence-electron chi connectivity index (χ0n) is 24.3. The van der Waals surface area contributed by atoms with Crippen LogP contribution in [0.25, 0.3) is 89.7 Å². The van der Waals surface area contributed by atoms with E-state index in [-0.39, 0.29) is 50.8 Å². The van der Waals surface area contributed by atoms with Gasteiger partial charge < -0.3 is 9.97 Å². The number of hydrogen-bond acceptors (Lipinski definition) is 10. The van der Waals surface area contributed by atoms with E-state index in [2.05, 4.69) is 9.97 Å². The number of benzene rings is 4. The summed E-state index contributed by atoms with van der Waals surface area (Å²) in [5, 5.41) is 1.47. The Bertz CT molecular complexity index is 2980. The standard InChI is InChI=1S/C32H17ClN8O5S2.Cu/c33-47(42,43)22-14-13-21-23(24(22)48(44,45)46)32-40-30-20-12-6-5-11-19(20)28(38-30)36-26-16-8-2-1-7-15(16)25(34-26)35-27-17-9-3-4-10-18(17)29(37-27)39-31(21)41-32;/h1-14H,(H,44,45,46)(H2,34,35,36,37,38,39,40,41);. The van der Waals surface area contributed by atoms with Gasteiger partial charge in [-0.2, -0.15) is 8.42 Å². The molecule has 0 saturated carbocycles. The van der Waals surface area contributed by atoms with Gasteiger partial charge in [-0.25, -0.2) is 38.3 Å². The monoisotopic (exact) mass is 755 g/mol. The molecule has 8 bridgehead atoms. The van der Waals surface area contributed by atoms with Gasteiger partial charge in [0.15, 0.2) is 23.3 Å². The fraction of sp³-hybridized carbons (Fsp3) is 0. The van der Waals surface area contributed by atoms with E-state index in [1.54, 1.807) is 12.1 Å². The number of hydrogen-bond donors (Lipinski definition) is 3. The van der Waals surface area contributed by atoms with E-state index in [0.717, 1.165) is 16.8 Å². The minimum Gasteiger partial charge on any atom is -0.324 e. The molecule has 2 aliphatic heterocycles. The zero-order valence-corrected chi connectivity index (χ0v) is 27.7. The van der Waals surface area contributed by atoms with Crippen molar-refractivity contribution in [3.63, 3.8) is 0 Å². The first-order chi connectivity index (χ1) is 23.0. The molecule has 17 heteroatoms. The molecule has 0 amide bonds. The predicted molar refractivity (Wildman–Crippen MR) is 179 cm³/mol. The second kappa shape index (κ2) is 11.0. The van der Waals surface area contributed by atoms with Gasteiger partial charge >= 0.3 is 0 Å². The molecule has 5 heterocycles. The molecule has 1 radical (unpaired) electrons. The normalized spacial score (nSPS) is 12.4. The summed E-state index contributed by atoms with van der Waals surface area (Å²) in [6.45, 7) is 0. The molecule has 0 atom stereocenters. The van der Waals surface area contributed by atoms with Gasteiger partial charge in [0.1, 0.15) is 32.4 Å². The Hall–Kier alpha value is -5.09. The predicted octanol–water partition coefficient (Wildman–Crippen LogP) is 6.04. The fourth-order valence-corrected chi connectivity index (χ4v) is 8.64. The third-order valence-electron chi connectivity index (χ3n) is 8.16. The molecular formula is C32H17ClCuN8O5S2. The SMILES string of the molecule is O=S(=O)(O)c1c(S(=O)(=O)Cl)ccc2c3nc4nc(nc5[nH]c(nc6nc(nc([nH]3)c12)-c1ccccc1-6)c1ccccc51)-c1ccccc1-4.[Cu]. The Morgan fingerprint density at radius 1 is 0.510 bits per heavy atom. The third kappa shape index (κ3) is 4.91. The van der Waals surface area contributed by atoms with Crippen LogP contribution in [0, 0.1) is 0 Å². The van der Waals surface area contributed by atoms with Crippen LogP contribution in [0.2, 0.25) is 0 Å². The van der Waals surface area contributed by atoms with Gasteiger partial charge in [0, 0.05) is 66.2 Å². The van der Waals surface area contributed by atoms with E-state index in [0.29, 0.717) is 45.2 Å². The van der Waals surface area contributed by atoms with Crippen molar-refractivity contribution in [3.05, 3.63) is 84.9 Å². The van der Waals surface area contributed by atoms with Crippen LogP contribution < -0.4 is 0 Å². The van der Waals surface area contributed by atoms with Crippen LogP contribution in [-0.4, -0.2) is 61.3 Å². The maximum Gasteiger partial charge on any atom is 0.296 e. The van der Waals surface area contributed by atoms with E-state index in [4.69, 9.17) is 40.6 Å². The number of rotatable bonds is 2. The van der Waals surface area contributed by atoms with Crippen molar-refractivity contribution >= 4 is 74.0 Å². The van der Waals surface area contributed by atoms with Crippen LogP contribution in [0.4, 0.5) is 0 Å². The Balaban J connectivity index is 0.00000348. The van der Waals surface area contributed by atoms with Gasteiger partial charge in [-0.1, -0.05) is 72.8 Å². The summed E-state index contributed by atoms with van der Waals surface area (Å²) in [5.41, 5.74) is 3.51. The van der Waals surface area contributed by atoms with Crippen molar-refractivity contribution in [1.29, 1.82) is 0 Å². The minimum absolute atomic E-state index is 0. The topological polar surface area (TPSA) is 197 Å². The summed E-state index contributed by atoms with van der Waals surface area (Å²) in [5.74, 6) is 1.07. The van der Waals surface area contributed by atoms with E-state index in [1.165, 1.54) is 6.07 Å². The quantitative estimate of drug-likeness (QED) is 0.106. The van der Waals surface area contributed by atoms with Crippen molar-refractivity contribution in [2.45, 2.75) is 9.79 Å². The zero-order chi connectivity index (χ0) is 32.9. The summed E-state index contributed by atoms with van der Waals surface area (Å²) in [6.07, 6.45) is 0. The first kappa shape index (κ1) is 31.2. The molecule has 2 aliphatic rings. The molecule has 9 rings (SSSR count). The maximum absolute atomic E-state index is 12.9. The Morgan fingerprint density at radius 3 is 1.33 bits per heavy atom. The first-order valence-electron chi connectivity index (χ1n) is 14.2. The van der Waals surface area contributed by atoms with Crippen LogP contribution in [0.15, 0.2) is 94.7 Å². The summed E-state index contributed by atoms with van der Waals surface area (Å²) < 4.78 is 61.3. The number of H-pyrrole nitrogens is 2. The first-order valence-corrected chi connectivity index (χ1v) is 18.0.